The quantitative estimate of drug-likeness (QED) is 0.229. The molecule has 2 rings (SSSR count). The summed E-state index contributed by atoms with van der Waals surface area (Å²) in [6, 6.07) is 8.21. The first-order valence-corrected chi connectivity index (χ1v) is 10.4. The molecule has 164 valence electrons. The van der Waals surface area contributed by atoms with Gasteiger partial charge in [0.05, 0.1) is 19.1 Å². The maximum atomic E-state index is 12.7. The van der Waals surface area contributed by atoms with Gasteiger partial charge in [-0.2, -0.15) is 0 Å². The molecule has 7 heteroatoms. The summed E-state index contributed by atoms with van der Waals surface area (Å²) in [5, 5.41) is 6.72. The van der Waals surface area contributed by atoms with Crippen molar-refractivity contribution in [1.82, 2.24) is 15.5 Å². The number of amides is 1. The SMILES string of the molecule is CCNC(=NCC1(C(=O)N(C)C)CCCC1)NCCCc1ccc(OC)cc1.I. The fourth-order valence-corrected chi connectivity index (χ4v) is 3.83. The van der Waals surface area contributed by atoms with Crippen LogP contribution in [0, 0.1) is 5.41 Å². The molecule has 0 aliphatic heterocycles. The number of ether oxygens (including phenoxy) is 1. The van der Waals surface area contributed by atoms with Gasteiger partial charge < -0.3 is 20.3 Å². The summed E-state index contributed by atoms with van der Waals surface area (Å²) >= 11 is 0. The Bertz CT molecular complexity index is 641. The Balaban J connectivity index is 0.00000420. The summed E-state index contributed by atoms with van der Waals surface area (Å²) in [4.78, 5) is 19.2. The van der Waals surface area contributed by atoms with Crippen LogP contribution in [0.15, 0.2) is 29.3 Å². The smallest absolute Gasteiger partial charge is 0.230 e. The molecule has 2 N–H and O–H groups in total. The summed E-state index contributed by atoms with van der Waals surface area (Å²) in [5.74, 6) is 1.90. The van der Waals surface area contributed by atoms with Crippen LogP contribution < -0.4 is 15.4 Å². The van der Waals surface area contributed by atoms with Crippen LogP contribution in [0.5, 0.6) is 5.75 Å². The number of aliphatic imine (C=N–C) groups is 1. The van der Waals surface area contributed by atoms with Gasteiger partial charge in [-0.15, -0.1) is 24.0 Å². The van der Waals surface area contributed by atoms with Gasteiger partial charge in [0, 0.05) is 27.2 Å². The minimum atomic E-state index is -0.324. The lowest BCUT2D eigenvalue weighted by Gasteiger charge is -2.29. The number of aryl methyl sites for hydroxylation is 1. The van der Waals surface area contributed by atoms with E-state index >= 15 is 0 Å². The van der Waals surface area contributed by atoms with Crippen LogP contribution >= 0.6 is 24.0 Å². The number of hydrogen-bond donors (Lipinski definition) is 2. The average molecular weight is 516 g/mol. The molecule has 0 unspecified atom stereocenters. The zero-order valence-corrected chi connectivity index (χ0v) is 20.6. The van der Waals surface area contributed by atoms with Gasteiger partial charge in [0.15, 0.2) is 5.96 Å². The molecule has 0 atom stereocenters. The first-order chi connectivity index (χ1) is 13.5. The molecule has 1 aliphatic carbocycles. The van der Waals surface area contributed by atoms with Crippen LogP contribution in [0.25, 0.3) is 0 Å². The Labute approximate surface area is 192 Å². The highest BCUT2D eigenvalue weighted by atomic mass is 127. The van der Waals surface area contributed by atoms with Gasteiger partial charge in [0.1, 0.15) is 5.75 Å². The van der Waals surface area contributed by atoms with E-state index in [0.29, 0.717) is 6.54 Å². The van der Waals surface area contributed by atoms with Crippen LogP contribution in [0.3, 0.4) is 0 Å². The van der Waals surface area contributed by atoms with Crippen molar-refractivity contribution in [3.8, 4) is 5.75 Å². The van der Waals surface area contributed by atoms with Crippen LogP contribution in [0.1, 0.15) is 44.6 Å². The van der Waals surface area contributed by atoms with Crippen molar-refractivity contribution in [1.29, 1.82) is 0 Å². The van der Waals surface area contributed by atoms with E-state index in [4.69, 9.17) is 9.73 Å². The second-order valence-corrected chi connectivity index (χ2v) is 7.76. The summed E-state index contributed by atoms with van der Waals surface area (Å²) in [6.07, 6.45) is 6.11. The number of carbonyl (C=O) groups is 1. The van der Waals surface area contributed by atoms with E-state index in [-0.39, 0.29) is 35.3 Å². The molecule has 0 spiro atoms. The molecule has 29 heavy (non-hydrogen) atoms. The summed E-state index contributed by atoms with van der Waals surface area (Å²) < 4.78 is 5.20. The van der Waals surface area contributed by atoms with Crippen molar-refractivity contribution in [3.05, 3.63) is 29.8 Å². The number of rotatable bonds is 9. The van der Waals surface area contributed by atoms with Gasteiger partial charge in [-0.25, -0.2) is 0 Å². The van der Waals surface area contributed by atoms with E-state index < -0.39 is 0 Å². The number of hydrogen-bond acceptors (Lipinski definition) is 3. The van der Waals surface area contributed by atoms with E-state index in [1.807, 2.05) is 26.2 Å². The van der Waals surface area contributed by atoms with Crippen molar-refractivity contribution in [2.45, 2.75) is 45.4 Å². The topological polar surface area (TPSA) is 66.0 Å². The minimum Gasteiger partial charge on any atom is -0.497 e. The van der Waals surface area contributed by atoms with Crippen molar-refractivity contribution < 1.29 is 9.53 Å². The first-order valence-electron chi connectivity index (χ1n) is 10.4. The molecule has 1 fully saturated rings. The predicted molar refractivity (Wildman–Crippen MR) is 130 cm³/mol. The molecule has 0 aromatic heterocycles. The van der Waals surface area contributed by atoms with Crippen LogP contribution in [0.2, 0.25) is 0 Å². The monoisotopic (exact) mass is 516 g/mol. The number of benzene rings is 1. The lowest BCUT2D eigenvalue weighted by atomic mass is 9.85. The second kappa shape index (κ2) is 12.9. The number of guanidine groups is 1. The summed E-state index contributed by atoms with van der Waals surface area (Å²) in [5.41, 5.74) is 0.973. The lowest BCUT2D eigenvalue weighted by molar-refractivity contribution is -0.138. The average Bonchev–Trinajstić information content (AvgIpc) is 3.19. The third-order valence-corrected chi connectivity index (χ3v) is 5.40. The predicted octanol–water partition coefficient (Wildman–Crippen LogP) is 3.45. The highest BCUT2D eigenvalue weighted by molar-refractivity contribution is 14.0. The Morgan fingerprint density at radius 2 is 1.83 bits per heavy atom. The molecule has 1 aliphatic rings. The first kappa shape index (κ1) is 25.5. The Morgan fingerprint density at radius 3 is 2.38 bits per heavy atom. The zero-order chi connectivity index (χ0) is 20.4. The van der Waals surface area contributed by atoms with Crippen molar-refractivity contribution in [2.75, 3.05) is 40.8 Å². The minimum absolute atomic E-state index is 0. The molecule has 1 saturated carbocycles. The lowest BCUT2D eigenvalue weighted by Crippen LogP contribution is -2.43. The molecule has 1 amide bonds. The fraction of sp³-hybridized carbons (Fsp3) is 0.636. The third kappa shape index (κ3) is 7.68. The van der Waals surface area contributed by atoms with E-state index in [9.17, 15) is 4.79 Å². The van der Waals surface area contributed by atoms with Gasteiger partial charge in [-0.3, -0.25) is 9.79 Å². The molecule has 0 radical (unpaired) electrons. The maximum Gasteiger partial charge on any atom is 0.230 e. The Kier molecular flexibility index (Phi) is 11.4. The number of nitrogens with zero attached hydrogens (tertiary/aromatic N) is 2. The van der Waals surface area contributed by atoms with E-state index in [1.54, 1.807) is 12.0 Å². The van der Waals surface area contributed by atoms with Crippen LogP contribution in [0.4, 0.5) is 0 Å². The molecule has 0 heterocycles. The summed E-state index contributed by atoms with van der Waals surface area (Å²) in [7, 11) is 5.37. The highest BCUT2D eigenvalue weighted by Gasteiger charge is 2.41. The largest absolute Gasteiger partial charge is 0.497 e. The maximum absolute atomic E-state index is 12.7. The van der Waals surface area contributed by atoms with Crippen LogP contribution in [-0.4, -0.2) is 57.6 Å². The molecular weight excluding hydrogens is 479 g/mol. The Morgan fingerprint density at radius 1 is 1.17 bits per heavy atom. The standard InChI is InChI=1S/C22H36N4O2.HI/c1-5-23-21(24-16-8-9-18-10-12-19(28-4)13-11-18)25-17-22(14-6-7-15-22)20(27)26(2)3;/h10-13H,5-9,14-17H2,1-4H3,(H2,23,24,25);1H. The fourth-order valence-electron chi connectivity index (χ4n) is 3.83. The number of halogens is 1. The zero-order valence-electron chi connectivity index (χ0n) is 18.3. The Hall–Kier alpha value is -1.51. The molecular formula is C22H37IN4O2. The third-order valence-electron chi connectivity index (χ3n) is 5.40. The van der Waals surface area contributed by atoms with Crippen molar-refractivity contribution in [3.63, 3.8) is 0 Å². The summed E-state index contributed by atoms with van der Waals surface area (Å²) in [6.45, 7) is 4.26. The van der Waals surface area contributed by atoms with Gasteiger partial charge in [-0.1, -0.05) is 25.0 Å². The normalized spacial score (nSPS) is 15.4. The number of methoxy groups -OCH3 is 1. The molecule has 1 aromatic rings. The highest BCUT2D eigenvalue weighted by Crippen LogP contribution is 2.39. The molecule has 0 saturated heterocycles. The number of nitrogens with one attached hydrogen (secondary N) is 2. The number of carbonyl (C=O) groups excluding carboxylic acids is 1. The van der Waals surface area contributed by atoms with E-state index in [1.165, 1.54) is 5.56 Å². The van der Waals surface area contributed by atoms with Crippen molar-refractivity contribution >= 4 is 35.8 Å². The van der Waals surface area contributed by atoms with Crippen LogP contribution in [-0.2, 0) is 11.2 Å². The van der Waals surface area contributed by atoms with E-state index in [2.05, 4.69) is 29.7 Å². The van der Waals surface area contributed by atoms with Crippen molar-refractivity contribution in [2.24, 2.45) is 10.4 Å². The van der Waals surface area contributed by atoms with Gasteiger partial charge in [0.25, 0.3) is 0 Å². The van der Waals surface area contributed by atoms with E-state index in [0.717, 1.165) is 63.3 Å². The van der Waals surface area contributed by atoms with Gasteiger partial charge in [0.2, 0.25) is 5.91 Å². The molecule has 1 aromatic carbocycles. The van der Waals surface area contributed by atoms with Gasteiger partial charge in [-0.05, 0) is 50.3 Å². The second-order valence-electron chi connectivity index (χ2n) is 7.76. The van der Waals surface area contributed by atoms with Gasteiger partial charge >= 0.3 is 0 Å². The molecule has 0 bridgehead atoms. The molecule has 6 nitrogen and oxygen atoms in total.